The molecule has 0 rings (SSSR count). The molecular weight excluding hydrogens is 194 g/mol. The van der Waals surface area contributed by atoms with E-state index in [9.17, 15) is 4.79 Å². The number of hydrogen-bond donors (Lipinski definition) is 2. The van der Waals surface area contributed by atoms with Crippen LogP contribution in [0.1, 0.15) is 6.92 Å². The molecular formula is C10H23N3O2. The van der Waals surface area contributed by atoms with Crippen molar-refractivity contribution in [1.82, 2.24) is 15.5 Å². The molecule has 0 heterocycles. The average molecular weight is 217 g/mol. The van der Waals surface area contributed by atoms with Crippen LogP contribution in [0.25, 0.3) is 0 Å². The summed E-state index contributed by atoms with van der Waals surface area (Å²) in [6, 6.07) is -0.160. The van der Waals surface area contributed by atoms with Crippen LogP contribution in [-0.4, -0.2) is 64.3 Å². The van der Waals surface area contributed by atoms with Gasteiger partial charge < -0.3 is 20.3 Å². The highest BCUT2D eigenvalue weighted by Gasteiger charge is 2.08. The number of carbonyl (C=O) groups is 1. The second-order valence-corrected chi connectivity index (χ2v) is 3.71. The highest BCUT2D eigenvalue weighted by atomic mass is 16.5. The Hall–Kier alpha value is -0.650. The van der Waals surface area contributed by atoms with Crippen molar-refractivity contribution in [2.45, 2.75) is 13.0 Å². The molecule has 1 atom stereocenters. The molecule has 0 aliphatic rings. The summed E-state index contributed by atoms with van der Waals surface area (Å²) in [5.41, 5.74) is 0. The van der Waals surface area contributed by atoms with Crippen LogP contribution in [0.15, 0.2) is 0 Å². The van der Waals surface area contributed by atoms with Crippen molar-refractivity contribution < 1.29 is 9.53 Å². The van der Waals surface area contributed by atoms with E-state index in [1.807, 2.05) is 21.0 Å². The van der Waals surface area contributed by atoms with Gasteiger partial charge in [0.2, 0.25) is 5.91 Å². The lowest BCUT2D eigenvalue weighted by molar-refractivity contribution is -0.122. The number of nitrogens with zero attached hydrogens (tertiary/aromatic N) is 1. The first kappa shape index (κ1) is 14.3. The smallest absolute Gasteiger partial charge is 0.236 e. The van der Waals surface area contributed by atoms with Crippen LogP contribution in [0.5, 0.6) is 0 Å². The first-order chi connectivity index (χ1) is 7.07. The van der Waals surface area contributed by atoms with Gasteiger partial charge in [0.15, 0.2) is 0 Å². The molecule has 0 aliphatic carbocycles. The van der Waals surface area contributed by atoms with Crippen molar-refractivity contribution in [2.24, 2.45) is 0 Å². The summed E-state index contributed by atoms with van der Waals surface area (Å²) in [5, 5.41) is 5.65. The Labute approximate surface area is 92.2 Å². The summed E-state index contributed by atoms with van der Waals surface area (Å²) in [6.07, 6.45) is 0. The van der Waals surface area contributed by atoms with Gasteiger partial charge in [-0.15, -0.1) is 0 Å². The quantitative estimate of drug-likeness (QED) is 0.527. The van der Waals surface area contributed by atoms with Crippen LogP contribution < -0.4 is 10.6 Å². The van der Waals surface area contributed by atoms with Gasteiger partial charge in [0.25, 0.3) is 0 Å². The lowest BCUT2D eigenvalue weighted by Crippen LogP contribution is -2.41. The maximum Gasteiger partial charge on any atom is 0.236 e. The van der Waals surface area contributed by atoms with Gasteiger partial charge in [0.05, 0.1) is 19.3 Å². The molecule has 0 radical (unpaired) electrons. The first-order valence-electron chi connectivity index (χ1n) is 5.25. The van der Waals surface area contributed by atoms with Gasteiger partial charge >= 0.3 is 0 Å². The molecule has 0 spiro atoms. The number of amides is 1. The Morgan fingerprint density at radius 3 is 2.60 bits per heavy atom. The molecule has 0 aromatic rings. The summed E-state index contributed by atoms with van der Waals surface area (Å²) in [7, 11) is 5.65. The Morgan fingerprint density at radius 1 is 1.40 bits per heavy atom. The van der Waals surface area contributed by atoms with Gasteiger partial charge in [-0.2, -0.15) is 0 Å². The Bertz CT molecular complexity index is 174. The van der Waals surface area contributed by atoms with Crippen LogP contribution in [0.2, 0.25) is 0 Å². The normalized spacial score (nSPS) is 12.9. The van der Waals surface area contributed by atoms with Crippen molar-refractivity contribution >= 4 is 5.91 Å². The molecule has 15 heavy (non-hydrogen) atoms. The molecule has 0 aliphatic heterocycles. The predicted molar refractivity (Wildman–Crippen MR) is 60.9 cm³/mol. The fourth-order valence-electron chi connectivity index (χ4n) is 1.01. The molecule has 0 saturated carbocycles. The standard InChI is InChI=1S/C10H23N3O2/c1-9(10(14)11-2)12-5-7-15-8-6-13(3)4/h9,12H,5-8H2,1-4H3,(H,11,14). The molecule has 0 aromatic heterocycles. The maximum absolute atomic E-state index is 11.1. The van der Waals surface area contributed by atoms with Crippen molar-refractivity contribution in [3.8, 4) is 0 Å². The number of rotatable bonds is 8. The van der Waals surface area contributed by atoms with Crippen LogP contribution in [0.4, 0.5) is 0 Å². The zero-order valence-corrected chi connectivity index (χ0v) is 10.2. The van der Waals surface area contributed by atoms with E-state index >= 15 is 0 Å². The third-order valence-electron chi connectivity index (χ3n) is 2.02. The average Bonchev–Trinajstić information content (AvgIpc) is 2.21. The molecule has 0 aromatic carbocycles. The Balaban J connectivity index is 3.27. The molecule has 2 N–H and O–H groups in total. The number of nitrogens with one attached hydrogen (secondary N) is 2. The number of hydrogen-bond acceptors (Lipinski definition) is 4. The summed E-state index contributed by atoms with van der Waals surface area (Å²) < 4.78 is 5.37. The highest BCUT2D eigenvalue weighted by Crippen LogP contribution is 1.82. The molecule has 1 unspecified atom stereocenters. The second kappa shape index (κ2) is 8.64. The summed E-state index contributed by atoms with van der Waals surface area (Å²) in [4.78, 5) is 13.2. The minimum Gasteiger partial charge on any atom is -0.379 e. The van der Waals surface area contributed by atoms with E-state index in [4.69, 9.17) is 4.74 Å². The Morgan fingerprint density at radius 2 is 2.07 bits per heavy atom. The van der Waals surface area contributed by atoms with Gasteiger partial charge in [-0.3, -0.25) is 4.79 Å². The van der Waals surface area contributed by atoms with E-state index in [0.717, 1.165) is 13.2 Å². The maximum atomic E-state index is 11.1. The second-order valence-electron chi connectivity index (χ2n) is 3.71. The lowest BCUT2D eigenvalue weighted by Gasteiger charge is -2.13. The predicted octanol–water partition coefficient (Wildman–Crippen LogP) is -0.711. The molecule has 0 saturated heterocycles. The van der Waals surface area contributed by atoms with E-state index in [0.29, 0.717) is 13.2 Å². The number of carbonyl (C=O) groups excluding carboxylic acids is 1. The number of likely N-dealkylation sites (N-methyl/N-ethyl adjacent to an activating group) is 2. The topological polar surface area (TPSA) is 53.6 Å². The largest absolute Gasteiger partial charge is 0.379 e. The summed E-state index contributed by atoms with van der Waals surface area (Å²) >= 11 is 0. The van der Waals surface area contributed by atoms with E-state index in [-0.39, 0.29) is 11.9 Å². The summed E-state index contributed by atoms with van der Waals surface area (Å²) in [6.45, 7) is 4.81. The molecule has 90 valence electrons. The highest BCUT2D eigenvalue weighted by molar-refractivity contribution is 5.80. The zero-order valence-electron chi connectivity index (χ0n) is 10.2. The third-order valence-corrected chi connectivity index (χ3v) is 2.02. The van der Waals surface area contributed by atoms with Crippen LogP contribution in [-0.2, 0) is 9.53 Å². The van der Waals surface area contributed by atoms with Crippen molar-refractivity contribution in [3.63, 3.8) is 0 Å². The van der Waals surface area contributed by atoms with Gasteiger partial charge in [0.1, 0.15) is 0 Å². The van der Waals surface area contributed by atoms with E-state index in [1.165, 1.54) is 0 Å². The minimum atomic E-state index is -0.160. The van der Waals surface area contributed by atoms with E-state index in [1.54, 1.807) is 7.05 Å². The first-order valence-corrected chi connectivity index (χ1v) is 5.25. The fourth-order valence-corrected chi connectivity index (χ4v) is 1.01. The minimum absolute atomic E-state index is 0.00305. The van der Waals surface area contributed by atoms with Gasteiger partial charge in [-0.25, -0.2) is 0 Å². The number of ether oxygens (including phenoxy) is 1. The van der Waals surface area contributed by atoms with Crippen LogP contribution in [0.3, 0.4) is 0 Å². The van der Waals surface area contributed by atoms with E-state index in [2.05, 4.69) is 15.5 Å². The van der Waals surface area contributed by atoms with Crippen LogP contribution in [0, 0.1) is 0 Å². The monoisotopic (exact) mass is 217 g/mol. The molecule has 5 heteroatoms. The van der Waals surface area contributed by atoms with Crippen molar-refractivity contribution in [2.75, 3.05) is 47.4 Å². The van der Waals surface area contributed by atoms with Crippen molar-refractivity contribution in [3.05, 3.63) is 0 Å². The molecule has 0 bridgehead atoms. The lowest BCUT2D eigenvalue weighted by atomic mass is 10.3. The molecule has 5 nitrogen and oxygen atoms in total. The summed E-state index contributed by atoms with van der Waals surface area (Å²) in [5.74, 6) is 0.00305. The molecule has 1 amide bonds. The fraction of sp³-hybridized carbons (Fsp3) is 0.900. The van der Waals surface area contributed by atoms with Crippen LogP contribution >= 0.6 is 0 Å². The zero-order chi connectivity index (χ0) is 11.7. The Kier molecular flexibility index (Phi) is 8.27. The van der Waals surface area contributed by atoms with Gasteiger partial charge in [-0.1, -0.05) is 0 Å². The van der Waals surface area contributed by atoms with Gasteiger partial charge in [0, 0.05) is 20.1 Å². The SMILES string of the molecule is CNC(=O)C(C)NCCOCCN(C)C. The molecule has 0 fully saturated rings. The van der Waals surface area contributed by atoms with Gasteiger partial charge in [-0.05, 0) is 21.0 Å². The van der Waals surface area contributed by atoms with Crippen molar-refractivity contribution in [1.29, 1.82) is 0 Å². The third kappa shape index (κ3) is 8.35. The van der Waals surface area contributed by atoms with E-state index < -0.39 is 0 Å².